The van der Waals surface area contributed by atoms with Crippen LogP contribution in [0.2, 0.25) is 0 Å². The van der Waals surface area contributed by atoms with E-state index in [-0.39, 0.29) is 5.91 Å². The maximum Gasteiger partial charge on any atom is 0.253 e. The Labute approximate surface area is 180 Å². The van der Waals surface area contributed by atoms with E-state index < -0.39 is 0 Å². The molecule has 30 heavy (non-hydrogen) atoms. The van der Waals surface area contributed by atoms with Crippen LogP contribution in [0.4, 0.5) is 5.69 Å². The van der Waals surface area contributed by atoms with Gasteiger partial charge in [-0.25, -0.2) is 4.99 Å². The van der Waals surface area contributed by atoms with Crippen molar-refractivity contribution in [1.82, 2.24) is 14.7 Å². The molecular weight excluding hydrogens is 372 g/mol. The number of benzene rings is 2. The Balaban J connectivity index is 1.93. The highest BCUT2D eigenvalue weighted by Crippen LogP contribution is 2.18. The summed E-state index contributed by atoms with van der Waals surface area (Å²) in [6.07, 6.45) is 1.96. The summed E-state index contributed by atoms with van der Waals surface area (Å²) in [5.74, 6) is 0.991. The van der Waals surface area contributed by atoms with E-state index in [0.717, 1.165) is 49.8 Å². The van der Waals surface area contributed by atoms with Crippen LogP contribution in [0, 0.1) is 0 Å². The molecule has 0 aliphatic carbocycles. The van der Waals surface area contributed by atoms with Gasteiger partial charge in [0.1, 0.15) is 5.84 Å². The molecular formula is C25H32N4O. The molecule has 1 aliphatic heterocycles. The molecule has 5 nitrogen and oxygen atoms in total. The van der Waals surface area contributed by atoms with E-state index in [0.29, 0.717) is 18.7 Å². The molecule has 0 atom stereocenters. The fraction of sp³-hybridized carbons (Fsp3) is 0.360. The predicted octanol–water partition coefficient (Wildman–Crippen LogP) is 4.05. The molecule has 1 fully saturated rings. The maximum atomic E-state index is 12.9. The second-order valence-corrected chi connectivity index (χ2v) is 7.41. The van der Waals surface area contributed by atoms with Crippen LogP contribution in [0.3, 0.4) is 0 Å². The minimum Gasteiger partial charge on any atom is -0.354 e. The molecule has 1 amide bonds. The summed E-state index contributed by atoms with van der Waals surface area (Å²) >= 11 is 0. The summed E-state index contributed by atoms with van der Waals surface area (Å²) < 4.78 is 0. The van der Waals surface area contributed by atoms with E-state index in [1.165, 1.54) is 0 Å². The maximum absolute atomic E-state index is 12.9. The molecule has 1 aliphatic rings. The zero-order chi connectivity index (χ0) is 21.3. The molecule has 3 rings (SSSR count). The fourth-order valence-electron chi connectivity index (χ4n) is 3.75. The van der Waals surface area contributed by atoms with Gasteiger partial charge in [0.05, 0.1) is 5.69 Å². The molecule has 0 unspecified atom stereocenters. The Bertz CT molecular complexity index is 866. The first-order valence-electron chi connectivity index (χ1n) is 10.8. The van der Waals surface area contributed by atoms with Gasteiger partial charge in [-0.2, -0.15) is 0 Å². The van der Waals surface area contributed by atoms with Gasteiger partial charge in [-0.15, -0.1) is 6.58 Å². The fourth-order valence-corrected chi connectivity index (χ4v) is 3.75. The standard InChI is InChI=1S/C25H32N4O/c1-4-15-27-16-18-29(19-17-27)24(26-23-13-8-7-9-14-23)21-11-10-12-22(20-21)25(30)28(5-2)6-3/h4,7-14,20H,1,5-6,15-19H2,2-3H3. The number of nitrogens with zero attached hydrogens (tertiary/aromatic N) is 4. The van der Waals surface area contributed by atoms with E-state index in [9.17, 15) is 4.79 Å². The van der Waals surface area contributed by atoms with Crippen LogP contribution >= 0.6 is 0 Å². The van der Waals surface area contributed by atoms with Crippen molar-refractivity contribution in [2.45, 2.75) is 13.8 Å². The first kappa shape index (κ1) is 21.8. The molecule has 0 aromatic heterocycles. The van der Waals surface area contributed by atoms with E-state index in [1.807, 2.05) is 73.4 Å². The van der Waals surface area contributed by atoms with Crippen LogP contribution in [-0.2, 0) is 0 Å². The molecule has 0 saturated carbocycles. The number of carbonyl (C=O) groups is 1. The monoisotopic (exact) mass is 404 g/mol. The summed E-state index contributed by atoms with van der Waals surface area (Å²) in [4.78, 5) is 24.4. The summed E-state index contributed by atoms with van der Waals surface area (Å²) in [5, 5.41) is 0. The van der Waals surface area contributed by atoms with Gasteiger partial charge in [0.15, 0.2) is 0 Å². The number of amidine groups is 1. The predicted molar refractivity (Wildman–Crippen MR) is 125 cm³/mol. The van der Waals surface area contributed by atoms with E-state index in [4.69, 9.17) is 4.99 Å². The minimum atomic E-state index is 0.0664. The second-order valence-electron chi connectivity index (χ2n) is 7.41. The lowest BCUT2D eigenvalue weighted by Crippen LogP contribution is -2.48. The van der Waals surface area contributed by atoms with Gasteiger partial charge in [0.25, 0.3) is 5.91 Å². The first-order valence-corrected chi connectivity index (χ1v) is 10.8. The van der Waals surface area contributed by atoms with Gasteiger partial charge in [-0.1, -0.05) is 36.4 Å². The number of para-hydroxylation sites is 1. The summed E-state index contributed by atoms with van der Waals surface area (Å²) in [7, 11) is 0. The average molecular weight is 405 g/mol. The summed E-state index contributed by atoms with van der Waals surface area (Å²) in [6, 6.07) is 17.9. The van der Waals surface area contributed by atoms with Crippen LogP contribution in [0.15, 0.2) is 72.2 Å². The summed E-state index contributed by atoms with van der Waals surface area (Å²) in [6.45, 7) is 13.9. The highest BCUT2D eigenvalue weighted by molar-refractivity contribution is 6.03. The Kier molecular flexibility index (Phi) is 7.80. The van der Waals surface area contributed by atoms with Crippen molar-refractivity contribution in [1.29, 1.82) is 0 Å². The largest absolute Gasteiger partial charge is 0.354 e. The van der Waals surface area contributed by atoms with Crippen molar-refractivity contribution in [3.63, 3.8) is 0 Å². The third-order valence-corrected chi connectivity index (χ3v) is 5.47. The lowest BCUT2D eigenvalue weighted by Gasteiger charge is -2.36. The second kappa shape index (κ2) is 10.7. The number of piperazine rings is 1. The molecule has 0 spiro atoms. The van der Waals surface area contributed by atoms with Crippen molar-refractivity contribution in [3.05, 3.63) is 78.4 Å². The lowest BCUT2D eigenvalue weighted by atomic mass is 10.1. The highest BCUT2D eigenvalue weighted by Gasteiger charge is 2.22. The SMILES string of the molecule is C=CCN1CCN(C(=Nc2ccccc2)c2cccc(C(=O)N(CC)CC)c2)CC1. The van der Waals surface area contributed by atoms with Crippen LogP contribution < -0.4 is 0 Å². The van der Waals surface area contributed by atoms with Crippen molar-refractivity contribution in [3.8, 4) is 0 Å². The van der Waals surface area contributed by atoms with E-state index >= 15 is 0 Å². The number of amides is 1. The minimum absolute atomic E-state index is 0.0664. The number of carbonyl (C=O) groups excluding carboxylic acids is 1. The molecule has 158 valence electrons. The molecule has 1 heterocycles. The Morgan fingerprint density at radius 1 is 1.00 bits per heavy atom. The van der Waals surface area contributed by atoms with Crippen molar-refractivity contribution in [2.24, 2.45) is 4.99 Å². The molecule has 0 bridgehead atoms. The van der Waals surface area contributed by atoms with Gasteiger partial charge >= 0.3 is 0 Å². The van der Waals surface area contributed by atoms with Gasteiger partial charge < -0.3 is 9.80 Å². The van der Waals surface area contributed by atoms with Crippen LogP contribution in [0.5, 0.6) is 0 Å². The Morgan fingerprint density at radius 2 is 1.67 bits per heavy atom. The third kappa shape index (κ3) is 5.36. The van der Waals surface area contributed by atoms with Crippen LogP contribution in [0.1, 0.15) is 29.8 Å². The molecule has 5 heteroatoms. The molecule has 0 N–H and O–H groups in total. The Morgan fingerprint density at radius 3 is 2.30 bits per heavy atom. The molecule has 1 saturated heterocycles. The summed E-state index contributed by atoms with van der Waals surface area (Å²) in [5.41, 5.74) is 2.61. The number of hydrogen-bond donors (Lipinski definition) is 0. The molecule has 2 aromatic carbocycles. The van der Waals surface area contributed by atoms with E-state index in [2.05, 4.69) is 22.4 Å². The molecule has 2 aromatic rings. The van der Waals surface area contributed by atoms with Crippen LogP contribution in [-0.4, -0.2) is 72.3 Å². The van der Waals surface area contributed by atoms with Gasteiger partial charge in [0.2, 0.25) is 0 Å². The third-order valence-electron chi connectivity index (χ3n) is 5.47. The number of rotatable bonds is 7. The van der Waals surface area contributed by atoms with Gasteiger partial charge in [-0.3, -0.25) is 9.69 Å². The van der Waals surface area contributed by atoms with Gasteiger partial charge in [-0.05, 0) is 38.1 Å². The van der Waals surface area contributed by atoms with Crippen molar-refractivity contribution >= 4 is 17.4 Å². The first-order chi connectivity index (χ1) is 14.7. The molecule has 0 radical (unpaired) electrons. The normalized spacial score (nSPS) is 15.1. The zero-order valence-corrected chi connectivity index (χ0v) is 18.1. The number of hydrogen-bond acceptors (Lipinski definition) is 3. The quantitative estimate of drug-likeness (QED) is 0.397. The lowest BCUT2D eigenvalue weighted by molar-refractivity contribution is 0.0773. The topological polar surface area (TPSA) is 39.1 Å². The number of aliphatic imine (C=N–C) groups is 1. The Hall–Kier alpha value is -2.92. The van der Waals surface area contributed by atoms with Gasteiger partial charge in [0, 0.05) is 56.9 Å². The smallest absolute Gasteiger partial charge is 0.253 e. The average Bonchev–Trinajstić information content (AvgIpc) is 2.80. The van der Waals surface area contributed by atoms with E-state index in [1.54, 1.807) is 0 Å². The van der Waals surface area contributed by atoms with Crippen molar-refractivity contribution < 1.29 is 4.79 Å². The van der Waals surface area contributed by atoms with Crippen LogP contribution in [0.25, 0.3) is 0 Å². The zero-order valence-electron chi connectivity index (χ0n) is 18.1. The highest BCUT2D eigenvalue weighted by atomic mass is 16.2. The van der Waals surface area contributed by atoms with Crippen molar-refractivity contribution in [2.75, 3.05) is 45.8 Å².